The minimum absolute atomic E-state index is 0.333. The number of hydrogen-bond acceptors (Lipinski definition) is 3. The van der Waals surface area contributed by atoms with Crippen LogP contribution in [0.15, 0.2) is 39.9 Å². The lowest BCUT2D eigenvalue weighted by molar-refractivity contribution is 0.596. The average molecular weight is 302 g/mol. The zero-order chi connectivity index (χ0) is 13.3. The Kier molecular flexibility index (Phi) is 3.66. The summed E-state index contributed by atoms with van der Waals surface area (Å²) in [7, 11) is -1.93. The van der Waals surface area contributed by atoms with Gasteiger partial charge < -0.3 is 0 Å². The lowest BCUT2D eigenvalue weighted by atomic mass is 10.2. The molecule has 0 aliphatic heterocycles. The number of nitrogens with zero attached hydrogens (tertiary/aromatic N) is 1. The van der Waals surface area contributed by atoms with E-state index in [1.165, 1.54) is 15.6 Å². The van der Waals surface area contributed by atoms with E-state index in [2.05, 4.69) is 0 Å². The molecule has 2 rings (SSSR count). The standard InChI is InChI=1S/C12H12ClNO2S2/c1-9-8-10(13)5-6-11(9)14(2)18(15,16)12-4-3-7-17-12/h3-8H,1-2H3. The molecule has 0 unspecified atom stereocenters. The molecule has 18 heavy (non-hydrogen) atoms. The Balaban J connectivity index is 2.46. The summed E-state index contributed by atoms with van der Waals surface area (Å²) in [5.74, 6) is 0. The van der Waals surface area contributed by atoms with Gasteiger partial charge in [-0.15, -0.1) is 11.3 Å². The van der Waals surface area contributed by atoms with E-state index in [-0.39, 0.29) is 0 Å². The molecule has 0 spiro atoms. The van der Waals surface area contributed by atoms with Crippen LogP contribution in [0.4, 0.5) is 5.69 Å². The first-order chi connectivity index (χ1) is 8.43. The normalized spacial score (nSPS) is 11.5. The highest BCUT2D eigenvalue weighted by molar-refractivity contribution is 7.94. The summed E-state index contributed by atoms with van der Waals surface area (Å²) in [5, 5.41) is 2.34. The minimum Gasteiger partial charge on any atom is -0.268 e. The molecule has 0 saturated carbocycles. The maximum Gasteiger partial charge on any atom is 0.273 e. The number of thiophene rings is 1. The maximum atomic E-state index is 12.3. The highest BCUT2D eigenvalue weighted by Gasteiger charge is 2.23. The van der Waals surface area contributed by atoms with Gasteiger partial charge in [-0.2, -0.15) is 0 Å². The Bertz CT molecular complexity index is 651. The van der Waals surface area contributed by atoms with E-state index < -0.39 is 10.0 Å². The molecular weight excluding hydrogens is 290 g/mol. The summed E-state index contributed by atoms with van der Waals surface area (Å²) in [6.07, 6.45) is 0. The molecule has 0 aliphatic carbocycles. The molecule has 0 amide bonds. The van der Waals surface area contributed by atoms with Crippen LogP contribution in [0.2, 0.25) is 5.02 Å². The smallest absolute Gasteiger partial charge is 0.268 e. The van der Waals surface area contributed by atoms with Crippen LogP contribution in [0.3, 0.4) is 0 Å². The molecule has 0 fully saturated rings. The highest BCUT2D eigenvalue weighted by Crippen LogP contribution is 2.28. The van der Waals surface area contributed by atoms with Gasteiger partial charge >= 0.3 is 0 Å². The van der Waals surface area contributed by atoms with Crippen molar-refractivity contribution in [1.82, 2.24) is 0 Å². The van der Waals surface area contributed by atoms with Gasteiger partial charge in [0.1, 0.15) is 4.21 Å². The third-order valence-corrected chi connectivity index (χ3v) is 5.99. The van der Waals surface area contributed by atoms with E-state index in [9.17, 15) is 8.42 Å². The summed E-state index contributed by atoms with van der Waals surface area (Å²) in [5.41, 5.74) is 1.46. The predicted molar refractivity (Wildman–Crippen MR) is 76.1 cm³/mol. The quantitative estimate of drug-likeness (QED) is 0.869. The zero-order valence-electron chi connectivity index (χ0n) is 9.92. The Labute approximate surface area is 116 Å². The van der Waals surface area contributed by atoms with Gasteiger partial charge in [0.05, 0.1) is 5.69 Å². The molecule has 0 saturated heterocycles. The van der Waals surface area contributed by atoms with Crippen molar-refractivity contribution in [3.63, 3.8) is 0 Å². The monoisotopic (exact) mass is 301 g/mol. The number of halogens is 1. The Morgan fingerprint density at radius 3 is 2.56 bits per heavy atom. The van der Waals surface area contributed by atoms with E-state index >= 15 is 0 Å². The maximum absolute atomic E-state index is 12.3. The van der Waals surface area contributed by atoms with Crippen molar-refractivity contribution in [3.8, 4) is 0 Å². The molecule has 1 heterocycles. The second kappa shape index (κ2) is 4.91. The van der Waals surface area contributed by atoms with Crippen LogP contribution < -0.4 is 4.31 Å². The molecule has 0 bridgehead atoms. The van der Waals surface area contributed by atoms with Crippen molar-refractivity contribution >= 4 is 38.6 Å². The molecule has 2 aromatic rings. The Morgan fingerprint density at radius 1 is 1.28 bits per heavy atom. The van der Waals surface area contributed by atoms with Crippen LogP contribution in [0, 0.1) is 6.92 Å². The third kappa shape index (κ3) is 2.39. The van der Waals surface area contributed by atoms with Crippen LogP contribution in [0.5, 0.6) is 0 Å². The second-order valence-corrected chi connectivity index (χ2v) is 7.42. The number of benzene rings is 1. The summed E-state index contributed by atoms with van der Waals surface area (Å²) in [6, 6.07) is 8.46. The number of sulfonamides is 1. The van der Waals surface area contributed by atoms with Gasteiger partial charge in [-0.05, 0) is 42.1 Å². The molecule has 1 aromatic carbocycles. The van der Waals surface area contributed by atoms with Crippen molar-refractivity contribution in [2.45, 2.75) is 11.1 Å². The summed E-state index contributed by atoms with van der Waals surface area (Å²) in [6.45, 7) is 1.83. The first kappa shape index (κ1) is 13.4. The number of anilines is 1. The second-order valence-electron chi connectivity index (χ2n) is 3.84. The van der Waals surface area contributed by atoms with Gasteiger partial charge in [0.15, 0.2) is 0 Å². The van der Waals surface area contributed by atoms with Crippen molar-refractivity contribution in [1.29, 1.82) is 0 Å². The van der Waals surface area contributed by atoms with Crippen molar-refractivity contribution in [2.75, 3.05) is 11.4 Å². The minimum atomic E-state index is -3.48. The van der Waals surface area contributed by atoms with Gasteiger partial charge in [-0.1, -0.05) is 17.7 Å². The SMILES string of the molecule is Cc1cc(Cl)ccc1N(C)S(=O)(=O)c1cccs1. The van der Waals surface area contributed by atoms with E-state index in [1.54, 1.807) is 42.8 Å². The van der Waals surface area contributed by atoms with Crippen molar-refractivity contribution in [3.05, 3.63) is 46.3 Å². The summed E-state index contributed by atoms with van der Waals surface area (Å²) >= 11 is 7.08. The van der Waals surface area contributed by atoms with E-state index in [4.69, 9.17) is 11.6 Å². The Hall–Kier alpha value is -1.04. The van der Waals surface area contributed by atoms with Crippen molar-refractivity contribution in [2.24, 2.45) is 0 Å². The van der Waals surface area contributed by atoms with Gasteiger partial charge in [-0.3, -0.25) is 4.31 Å². The van der Waals surface area contributed by atoms with Gasteiger partial charge in [-0.25, -0.2) is 8.42 Å². The largest absolute Gasteiger partial charge is 0.273 e. The third-order valence-electron chi connectivity index (χ3n) is 2.61. The summed E-state index contributed by atoms with van der Waals surface area (Å²) in [4.78, 5) is 0. The van der Waals surface area contributed by atoms with Crippen LogP contribution in [0.1, 0.15) is 5.56 Å². The zero-order valence-corrected chi connectivity index (χ0v) is 12.3. The fourth-order valence-electron chi connectivity index (χ4n) is 1.65. The average Bonchev–Trinajstić information content (AvgIpc) is 2.82. The van der Waals surface area contributed by atoms with E-state index in [0.29, 0.717) is 14.9 Å². The fraction of sp³-hybridized carbons (Fsp3) is 0.167. The predicted octanol–water partition coefficient (Wildman–Crippen LogP) is 3.54. The van der Waals surface area contributed by atoms with Gasteiger partial charge in [0.25, 0.3) is 10.0 Å². The number of aryl methyl sites for hydroxylation is 1. The number of rotatable bonds is 3. The van der Waals surface area contributed by atoms with Crippen LogP contribution in [-0.4, -0.2) is 15.5 Å². The fourth-order valence-corrected chi connectivity index (χ4v) is 4.29. The topological polar surface area (TPSA) is 37.4 Å². The Morgan fingerprint density at radius 2 is 2.00 bits per heavy atom. The van der Waals surface area contributed by atoms with Crippen molar-refractivity contribution < 1.29 is 8.42 Å². The molecule has 6 heteroatoms. The molecule has 1 aromatic heterocycles. The lowest BCUT2D eigenvalue weighted by Gasteiger charge is -2.20. The molecule has 96 valence electrons. The molecule has 0 atom stereocenters. The van der Waals surface area contributed by atoms with Crippen LogP contribution in [0.25, 0.3) is 0 Å². The molecule has 0 N–H and O–H groups in total. The lowest BCUT2D eigenvalue weighted by Crippen LogP contribution is -2.26. The van der Waals surface area contributed by atoms with Gasteiger partial charge in [0, 0.05) is 12.1 Å². The summed E-state index contributed by atoms with van der Waals surface area (Å²) < 4.78 is 26.3. The first-order valence-electron chi connectivity index (χ1n) is 5.21. The number of hydrogen-bond donors (Lipinski definition) is 0. The van der Waals surface area contributed by atoms with Gasteiger partial charge in [0.2, 0.25) is 0 Å². The van der Waals surface area contributed by atoms with Crippen LogP contribution >= 0.6 is 22.9 Å². The molecule has 0 aliphatic rings. The van der Waals surface area contributed by atoms with E-state index in [0.717, 1.165) is 5.56 Å². The van der Waals surface area contributed by atoms with Crippen LogP contribution in [-0.2, 0) is 10.0 Å². The van der Waals surface area contributed by atoms with E-state index in [1.807, 2.05) is 6.92 Å². The first-order valence-corrected chi connectivity index (χ1v) is 7.91. The molecule has 0 radical (unpaired) electrons. The molecule has 3 nitrogen and oxygen atoms in total. The highest BCUT2D eigenvalue weighted by atomic mass is 35.5. The molecular formula is C12H12ClNO2S2.